The molecule has 0 radical (unpaired) electrons. The number of imide groups is 1. The van der Waals surface area contributed by atoms with E-state index >= 15 is 0 Å². The van der Waals surface area contributed by atoms with Gasteiger partial charge in [0.1, 0.15) is 13.2 Å². The number of halogens is 1. The molecular weight excluding hydrogens is 420 g/mol. The molecule has 0 aliphatic carbocycles. The lowest BCUT2D eigenvalue weighted by atomic mass is 10.2. The molecule has 1 heterocycles. The van der Waals surface area contributed by atoms with E-state index in [1.807, 2.05) is 0 Å². The van der Waals surface area contributed by atoms with Gasteiger partial charge in [0.2, 0.25) is 0 Å². The van der Waals surface area contributed by atoms with Crippen LogP contribution in [0, 0.1) is 0 Å². The Morgan fingerprint density at radius 1 is 1.04 bits per heavy atom. The lowest BCUT2D eigenvalue weighted by Gasteiger charge is -2.19. The second-order valence-corrected chi connectivity index (χ2v) is 6.27. The van der Waals surface area contributed by atoms with E-state index in [1.165, 1.54) is 0 Å². The van der Waals surface area contributed by atoms with E-state index in [-0.39, 0.29) is 5.56 Å². The third-order valence-electron chi connectivity index (χ3n) is 3.48. The van der Waals surface area contributed by atoms with Gasteiger partial charge < -0.3 is 19.5 Å². The van der Waals surface area contributed by atoms with Crippen LogP contribution in [0.1, 0.15) is 10.4 Å². The van der Waals surface area contributed by atoms with Crippen LogP contribution in [0.4, 0.5) is 10.5 Å². The van der Waals surface area contributed by atoms with Gasteiger partial charge in [-0.15, -0.1) is 0 Å². The van der Waals surface area contributed by atoms with Crippen LogP contribution in [0.2, 0.25) is 0 Å². The summed E-state index contributed by atoms with van der Waals surface area (Å²) in [5.74, 6) is -0.342. The second-order valence-electron chi connectivity index (χ2n) is 5.42. The molecule has 0 saturated heterocycles. The number of nitrogens with one attached hydrogen (secondary N) is 2. The molecule has 27 heavy (non-hydrogen) atoms. The van der Waals surface area contributed by atoms with Crippen molar-refractivity contribution in [3.8, 4) is 11.5 Å². The van der Waals surface area contributed by atoms with Gasteiger partial charge in [0.05, 0.1) is 5.56 Å². The molecule has 140 valence electrons. The Hall–Kier alpha value is -3.07. The highest BCUT2D eigenvalue weighted by atomic mass is 79.9. The van der Waals surface area contributed by atoms with E-state index in [9.17, 15) is 14.4 Å². The van der Waals surface area contributed by atoms with Crippen molar-refractivity contribution in [3.63, 3.8) is 0 Å². The van der Waals surface area contributed by atoms with Crippen molar-refractivity contribution in [2.75, 3.05) is 25.1 Å². The van der Waals surface area contributed by atoms with Crippen molar-refractivity contribution in [3.05, 3.63) is 52.5 Å². The summed E-state index contributed by atoms with van der Waals surface area (Å²) in [5, 5.41) is 4.58. The van der Waals surface area contributed by atoms with Gasteiger partial charge in [-0.3, -0.25) is 10.1 Å². The van der Waals surface area contributed by atoms with Gasteiger partial charge >= 0.3 is 12.0 Å². The maximum atomic E-state index is 11.9. The maximum Gasteiger partial charge on any atom is 0.339 e. The van der Waals surface area contributed by atoms with Gasteiger partial charge in [0, 0.05) is 16.2 Å². The van der Waals surface area contributed by atoms with E-state index in [1.54, 1.807) is 42.5 Å². The van der Waals surface area contributed by atoms with Crippen molar-refractivity contribution in [2.45, 2.75) is 0 Å². The van der Waals surface area contributed by atoms with Gasteiger partial charge in [-0.1, -0.05) is 12.1 Å². The molecule has 0 unspecified atom stereocenters. The van der Waals surface area contributed by atoms with Crippen molar-refractivity contribution < 1.29 is 28.6 Å². The minimum atomic E-state index is -0.759. The number of ether oxygens (including phenoxy) is 3. The first-order valence-electron chi connectivity index (χ1n) is 7.95. The molecule has 2 aromatic carbocycles. The lowest BCUT2D eigenvalue weighted by Crippen LogP contribution is -2.37. The Kier molecular flexibility index (Phi) is 5.92. The average Bonchev–Trinajstić information content (AvgIpc) is 2.66. The minimum absolute atomic E-state index is 0.283. The molecule has 1 aliphatic heterocycles. The molecule has 3 amide bonds. The van der Waals surface area contributed by atoms with Gasteiger partial charge in [-0.25, -0.2) is 9.59 Å². The van der Waals surface area contributed by atoms with Crippen LogP contribution in [0.15, 0.2) is 46.9 Å². The zero-order valence-corrected chi connectivity index (χ0v) is 15.6. The number of fused-ring (bicyclic) bond motifs is 1. The molecule has 8 nitrogen and oxygen atoms in total. The predicted molar refractivity (Wildman–Crippen MR) is 99.0 cm³/mol. The number of carbonyl (C=O) groups excluding carboxylic acids is 3. The van der Waals surface area contributed by atoms with Crippen molar-refractivity contribution in [2.24, 2.45) is 0 Å². The first kappa shape index (κ1) is 18.7. The van der Waals surface area contributed by atoms with Crippen LogP contribution in [0.3, 0.4) is 0 Å². The fourth-order valence-corrected chi connectivity index (χ4v) is 2.73. The summed E-state index contributed by atoms with van der Waals surface area (Å²) in [6.45, 7) is 0.297. The predicted octanol–water partition coefficient (Wildman–Crippen LogP) is 2.73. The number of rotatable bonds is 4. The Balaban J connectivity index is 1.48. The van der Waals surface area contributed by atoms with Gasteiger partial charge in [-0.05, 0) is 40.2 Å². The van der Waals surface area contributed by atoms with E-state index in [0.29, 0.717) is 34.9 Å². The summed E-state index contributed by atoms with van der Waals surface area (Å²) in [6, 6.07) is 10.8. The largest absolute Gasteiger partial charge is 0.486 e. The number of benzene rings is 2. The second kappa shape index (κ2) is 8.54. The summed E-state index contributed by atoms with van der Waals surface area (Å²) in [7, 11) is 0. The number of carbonyl (C=O) groups is 3. The quantitative estimate of drug-likeness (QED) is 0.717. The number of urea groups is 1. The molecule has 1 aliphatic rings. The normalized spacial score (nSPS) is 12.0. The Morgan fingerprint density at radius 3 is 2.56 bits per heavy atom. The highest BCUT2D eigenvalue weighted by molar-refractivity contribution is 9.10. The van der Waals surface area contributed by atoms with Crippen molar-refractivity contribution >= 4 is 39.5 Å². The van der Waals surface area contributed by atoms with E-state index < -0.39 is 24.5 Å². The van der Waals surface area contributed by atoms with Crippen molar-refractivity contribution in [1.29, 1.82) is 0 Å². The molecule has 2 N–H and O–H groups in total. The van der Waals surface area contributed by atoms with Gasteiger partial charge in [-0.2, -0.15) is 0 Å². The minimum Gasteiger partial charge on any atom is -0.486 e. The number of hydrogen-bond acceptors (Lipinski definition) is 6. The molecule has 0 aromatic heterocycles. The third kappa shape index (κ3) is 4.98. The standard InChI is InChI=1S/C18H15BrN2O6/c19-13-4-2-1-3-12(13)17(23)27-10-16(22)21-18(24)20-11-5-6-14-15(9-11)26-8-7-25-14/h1-6,9H,7-8,10H2,(H2,20,21,22,24). The van der Waals surface area contributed by atoms with Crippen LogP contribution in [0.5, 0.6) is 11.5 Å². The summed E-state index contributed by atoms with van der Waals surface area (Å²) < 4.78 is 16.3. The smallest absolute Gasteiger partial charge is 0.339 e. The van der Waals surface area contributed by atoms with Gasteiger partial charge in [0.15, 0.2) is 18.1 Å². The Morgan fingerprint density at radius 2 is 1.78 bits per heavy atom. The average molecular weight is 435 g/mol. The molecule has 0 spiro atoms. The fourth-order valence-electron chi connectivity index (χ4n) is 2.28. The zero-order valence-electron chi connectivity index (χ0n) is 14.0. The van der Waals surface area contributed by atoms with Crippen LogP contribution < -0.4 is 20.1 Å². The van der Waals surface area contributed by atoms with Crippen LogP contribution in [0.25, 0.3) is 0 Å². The number of esters is 1. The summed E-state index contributed by atoms with van der Waals surface area (Å²) >= 11 is 3.22. The highest BCUT2D eigenvalue weighted by Crippen LogP contribution is 2.32. The molecule has 3 rings (SSSR count). The molecule has 0 fully saturated rings. The molecule has 9 heteroatoms. The SMILES string of the molecule is O=C(COC(=O)c1ccccc1Br)NC(=O)Nc1ccc2c(c1)OCCO2. The zero-order chi connectivity index (χ0) is 19.2. The van der Waals surface area contributed by atoms with E-state index in [4.69, 9.17) is 14.2 Å². The van der Waals surface area contributed by atoms with Crippen LogP contribution >= 0.6 is 15.9 Å². The molecular formula is C18H15BrN2O6. The number of anilines is 1. The summed E-state index contributed by atoms with van der Waals surface area (Å²) in [5.41, 5.74) is 0.709. The van der Waals surface area contributed by atoms with E-state index in [0.717, 1.165) is 0 Å². The molecule has 0 saturated carbocycles. The topological polar surface area (TPSA) is 103 Å². The summed E-state index contributed by atoms with van der Waals surface area (Å²) in [6.07, 6.45) is 0. The van der Waals surface area contributed by atoms with Crippen molar-refractivity contribution in [1.82, 2.24) is 5.32 Å². The molecule has 2 aromatic rings. The third-order valence-corrected chi connectivity index (χ3v) is 4.17. The Labute approximate surface area is 162 Å². The fraction of sp³-hybridized carbons (Fsp3) is 0.167. The molecule has 0 atom stereocenters. The Bertz CT molecular complexity index is 886. The lowest BCUT2D eigenvalue weighted by molar-refractivity contribution is -0.123. The summed E-state index contributed by atoms with van der Waals surface area (Å²) in [4.78, 5) is 35.6. The van der Waals surface area contributed by atoms with Crippen LogP contribution in [-0.2, 0) is 9.53 Å². The highest BCUT2D eigenvalue weighted by Gasteiger charge is 2.16. The van der Waals surface area contributed by atoms with Crippen LogP contribution in [-0.4, -0.2) is 37.7 Å². The monoisotopic (exact) mass is 434 g/mol. The number of hydrogen-bond donors (Lipinski definition) is 2. The number of amides is 3. The van der Waals surface area contributed by atoms with Gasteiger partial charge in [0.25, 0.3) is 5.91 Å². The molecule has 0 bridgehead atoms. The maximum absolute atomic E-state index is 11.9. The first-order chi connectivity index (χ1) is 13.0. The first-order valence-corrected chi connectivity index (χ1v) is 8.74. The van der Waals surface area contributed by atoms with E-state index in [2.05, 4.69) is 26.6 Å².